The Bertz CT molecular complexity index is 410. The van der Waals surface area contributed by atoms with E-state index in [2.05, 4.69) is 5.43 Å². The number of hydrogen-bond acceptors (Lipinski definition) is 3. The topological polar surface area (TPSA) is 64.3 Å². The van der Waals surface area contributed by atoms with E-state index in [-0.39, 0.29) is 5.92 Å². The van der Waals surface area contributed by atoms with Gasteiger partial charge in [-0.3, -0.25) is 10.2 Å². The predicted octanol–water partition coefficient (Wildman–Crippen LogP) is 2.39. The first-order chi connectivity index (χ1) is 7.95. The Morgan fingerprint density at radius 1 is 1.41 bits per heavy atom. The van der Waals surface area contributed by atoms with Gasteiger partial charge in [-0.1, -0.05) is 37.0 Å². The quantitative estimate of drug-likeness (QED) is 0.504. The molecule has 1 unspecified atom stereocenters. The molecule has 3 N–H and O–H groups in total. The first-order valence-corrected chi connectivity index (χ1v) is 5.83. The summed E-state index contributed by atoms with van der Waals surface area (Å²) >= 11 is 11.7. The third-order valence-corrected chi connectivity index (χ3v) is 2.68. The Labute approximate surface area is 110 Å². The molecule has 0 aliphatic carbocycles. The number of hydrogen-bond donors (Lipinski definition) is 2. The molecular weight excluding hydrogens is 263 g/mol. The summed E-state index contributed by atoms with van der Waals surface area (Å²) in [5.41, 5.74) is 2.06. The van der Waals surface area contributed by atoms with Crippen molar-refractivity contribution in [2.24, 2.45) is 11.8 Å². The van der Waals surface area contributed by atoms with Crippen molar-refractivity contribution in [1.82, 2.24) is 5.43 Å². The third-order valence-electron chi connectivity index (χ3n) is 2.15. The Balaban J connectivity index is 2.90. The van der Waals surface area contributed by atoms with E-state index in [1.165, 1.54) is 0 Å². The Morgan fingerprint density at radius 3 is 2.53 bits per heavy atom. The molecule has 0 aliphatic rings. The van der Waals surface area contributed by atoms with Crippen LogP contribution in [0.15, 0.2) is 18.2 Å². The molecule has 0 radical (unpaired) electrons. The molecule has 94 valence electrons. The minimum atomic E-state index is -0.696. The van der Waals surface area contributed by atoms with Crippen LogP contribution in [-0.2, 0) is 4.79 Å². The molecule has 0 saturated carbocycles. The van der Waals surface area contributed by atoms with Crippen LogP contribution in [0.2, 0.25) is 10.0 Å². The zero-order chi connectivity index (χ0) is 13.0. The van der Waals surface area contributed by atoms with Crippen LogP contribution in [0, 0.1) is 5.92 Å². The van der Waals surface area contributed by atoms with Gasteiger partial charge in [0.2, 0.25) is 0 Å². The lowest BCUT2D eigenvalue weighted by molar-refractivity contribution is -0.129. The Hall–Kier alpha value is -0.970. The molecule has 17 heavy (non-hydrogen) atoms. The fourth-order valence-electron chi connectivity index (χ4n) is 1.28. The Kier molecular flexibility index (Phi) is 5.05. The Morgan fingerprint density at radius 2 is 2.06 bits per heavy atom. The number of rotatable bonds is 4. The second-order valence-electron chi connectivity index (χ2n) is 3.87. The number of carbonyl (C=O) groups excluding carboxylic acids is 1. The summed E-state index contributed by atoms with van der Waals surface area (Å²) in [4.78, 5) is 11.5. The third kappa shape index (κ3) is 3.77. The highest BCUT2D eigenvalue weighted by Gasteiger charge is 2.24. The highest BCUT2D eigenvalue weighted by molar-refractivity contribution is 6.35. The van der Waals surface area contributed by atoms with Crippen LogP contribution >= 0.6 is 23.2 Å². The summed E-state index contributed by atoms with van der Waals surface area (Å²) in [6.07, 6.45) is -0.696. The van der Waals surface area contributed by atoms with Crippen LogP contribution in [0.3, 0.4) is 0 Å². The van der Waals surface area contributed by atoms with E-state index < -0.39 is 12.0 Å². The van der Waals surface area contributed by atoms with E-state index in [0.717, 1.165) is 0 Å². The molecule has 1 aromatic rings. The fourth-order valence-corrected chi connectivity index (χ4v) is 1.74. The molecule has 0 fully saturated rings. The molecular formula is C11H14Cl2N2O2. The van der Waals surface area contributed by atoms with E-state index >= 15 is 0 Å². The van der Waals surface area contributed by atoms with E-state index in [0.29, 0.717) is 15.8 Å². The van der Waals surface area contributed by atoms with Gasteiger partial charge in [-0.15, -0.1) is 0 Å². The lowest BCUT2D eigenvalue weighted by Crippen LogP contribution is -2.44. The number of halogens is 2. The van der Waals surface area contributed by atoms with Crippen LogP contribution in [0.25, 0.3) is 0 Å². The standard InChI is InChI=1S/C11H14Cl2N2O2/c1-6(2)10(11(16)15-14)17-9-4-3-7(12)5-8(9)13/h3-6,10H,14H2,1-2H3,(H,15,16). The van der Waals surface area contributed by atoms with Crippen LogP contribution in [0.1, 0.15) is 13.8 Å². The van der Waals surface area contributed by atoms with Gasteiger partial charge < -0.3 is 4.74 Å². The second-order valence-corrected chi connectivity index (χ2v) is 4.71. The highest BCUT2D eigenvalue weighted by Crippen LogP contribution is 2.29. The smallest absolute Gasteiger partial charge is 0.275 e. The van der Waals surface area contributed by atoms with Crippen molar-refractivity contribution in [3.8, 4) is 5.75 Å². The maximum Gasteiger partial charge on any atom is 0.275 e. The first-order valence-electron chi connectivity index (χ1n) is 5.08. The van der Waals surface area contributed by atoms with Gasteiger partial charge in [0.15, 0.2) is 6.10 Å². The normalized spacial score (nSPS) is 12.4. The molecule has 1 rings (SSSR count). The fraction of sp³-hybridized carbons (Fsp3) is 0.364. The minimum absolute atomic E-state index is 0.0368. The van der Waals surface area contributed by atoms with Crippen molar-refractivity contribution in [2.75, 3.05) is 0 Å². The molecule has 0 bridgehead atoms. The molecule has 1 atom stereocenters. The summed E-state index contributed by atoms with van der Waals surface area (Å²) < 4.78 is 5.53. The molecule has 0 spiro atoms. The van der Waals surface area contributed by atoms with Gasteiger partial charge in [-0.2, -0.15) is 0 Å². The number of nitrogens with one attached hydrogen (secondary N) is 1. The molecule has 0 aliphatic heterocycles. The molecule has 4 nitrogen and oxygen atoms in total. The molecule has 6 heteroatoms. The number of hydrazine groups is 1. The van der Waals surface area contributed by atoms with E-state index in [4.69, 9.17) is 33.8 Å². The van der Waals surface area contributed by atoms with Crippen molar-refractivity contribution in [1.29, 1.82) is 0 Å². The number of ether oxygens (including phenoxy) is 1. The summed E-state index contributed by atoms with van der Waals surface area (Å²) in [7, 11) is 0. The maximum atomic E-state index is 11.5. The average Bonchev–Trinajstić information content (AvgIpc) is 2.26. The average molecular weight is 277 g/mol. The van der Waals surface area contributed by atoms with Crippen molar-refractivity contribution in [3.05, 3.63) is 28.2 Å². The van der Waals surface area contributed by atoms with Crippen molar-refractivity contribution in [2.45, 2.75) is 20.0 Å². The minimum Gasteiger partial charge on any atom is -0.479 e. The van der Waals surface area contributed by atoms with Crippen molar-refractivity contribution >= 4 is 29.1 Å². The number of amides is 1. The van der Waals surface area contributed by atoms with Crippen LogP contribution < -0.4 is 16.0 Å². The molecule has 1 aromatic carbocycles. The summed E-state index contributed by atoms with van der Waals surface area (Å²) in [5.74, 6) is 5.06. The van der Waals surface area contributed by atoms with Gasteiger partial charge in [0.25, 0.3) is 5.91 Å². The van der Waals surface area contributed by atoms with Gasteiger partial charge in [0.05, 0.1) is 5.02 Å². The van der Waals surface area contributed by atoms with E-state index in [9.17, 15) is 4.79 Å². The van der Waals surface area contributed by atoms with E-state index in [1.54, 1.807) is 18.2 Å². The monoisotopic (exact) mass is 276 g/mol. The van der Waals surface area contributed by atoms with Crippen LogP contribution in [-0.4, -0.2) is 12.0 Å². The first kappa shape index (κ1) is 14.1. The molecule has 1 amide bonds. The van der Waals surface area contributed by atoms with Gasteiger partial charge in [0, 0.05) is 5.02 Å². The summed E-state index contributed by atoms with van der Waals surface area (Å²) in [6.45, 7) is 3.70. The zero-order valence-corrected chi connectivity index (χ0v) is 11.0. The van der Waals surface area contributed by atoms with Gasteiger partial charge in [0.1, 0.15) is 5.75 Å². The number of benzene rings is 1. The summed E-state index contributed by atoms with van der Waals surface area (Å²) in [6, 6.07) is 4.81. The largest absolute Gasteiger partial charge is 0.479 e. The lowest BCUT2D eigenvalue weighted by atomic mass is 10.1. The molecule has 0 aromatic heterocycles. The number of carbonyl (C=O) groups is 1. The predicted molar refractivity (Wildman–Crippen MR) is 68.0 cm³/mol. The van der Waals surface area contributed by atoms with Crippen LogP contribution in [0.4, 0.5) is 0 Å². The molecule has 0 saturated heterocycles. The van der Waals surface area contributed by atoms with Crippen molar-refractivity contribution < 1.29 is 9.53 Å². The zero-order valence-electron chi connectivity index (χ0n) is 9.54. The SMILES string of the molecule is CC(C)C(Oc1ccc(Cl)cc1Cl)C(=O)NN. The van der Waals surface area contributed by atoms with E-state index in [1.807, 2.05) is 13.8 Å². The molecule has 0 heterocycles. The van der Waals surface area contributed by atoms with Gasteiger partial charge in [-0.05, 0) is 24.1 Å². The lowest BCUT2D eigenvalue weighted by Gasteiger charge is -2.21. The van der Waals surface area contributed by atoms with Gasteiger partial charge in [-0.25, -0.2) is 5.84 Å². The second kappa shape index (κ2) is 6.10. The number of nitrogens with two attached hydrogens (primary N) is 1. The van der Waals surface area contributed by atoms with Crippen LogP contribution in [0.5, 0.6) is 5.75 Å². The van der Waals surface area contributed by atoms with Crippen molar-refractivity contribution in [3.63, 3.8) is 0 Å². The summed E-state index contributed by atoms with van der Waals surface area (Å²) in [5, 5.41) is 0.861. The van der Waals surface area contributed by atoms with Gasteiger partial charge >= 0.3 is 0 Å². The highest BCUT2D eigenvalue weighted by atomic mass is 35.5. The maximum absolute atomic E-state index is 11.5.